The highest BCUT2D eigenvalue weighted by atomic mass is 127. The fraction of sp³-hybridized carbons (Fsp3) is 0.706. The van der Waals surface area contributed by atoms with Crippen molar-refractivity contribution in [1.29, 1.82) is 0 Å². The molecule has 1 aromatic rings. The van der Waals surface area contributed by atoms with E-state index >= 15 is 0 Å². The van der Waals surface area contributed by atoms with Gasteiger partial charge < -0.3 is 15.5 Å². The van der Waals surface area contributed by atoms with Crippen LogP contribution in [0.25, 0.3) is 0 Å². The molecule has 1 atom stereocenters. The topological polar surface area (TPSA) is 39.7 Å². The second kappa shape index (κ2) is 11.3. The lowest BCUT2D eigenvalue weighted by atomic mass is 10.0. The SMILES string of the molecule is CCc1ccc(CNC(=NC)NCCN2CCCC(C)C2)s1.I. The van der Waals surface area contributed by atoms with Crippen LogP contribution in [0.2, 0.25) is 0 Å². The van der Waals surface area contributed by atoms with Gasteiger partial charge in [0, 0.05) is 36.4 Å². The quantitative estimate of drug-likeness (QED) is 0.397. The summed E-state index contributed by atoms with van der Waals surface area (Å²) in [7, 11) is 1.84. The molecule has 2 N–H and O–H groups in total. The van der Waals surface area contributed by atoms with Crippen LogP contribution in [-0.2, 0) is 13.0 Å². The first kappa shape index (κ1) is 20.7. The Balaban J connectivity index is 0.00000264. The first-order valence-corrected chi connectivity index (χ1v) is 9.27. The van der Waals surface area contributed by atoms with Crippen LogP contribution in [0.5, 0.6) is 0 Å². The molecular weight excluding hydrogens is 419 g/mol. The molecule has 0 bridgehead atoms. The van der Waals surface area contributed by atoms with Crippen molar-refractivity contribution in [3.05, 3.63) is 21.9 Å². The second-order valence-corrected chi connectivity index (χ2v) is 7.38. The maximum Gasteiger partial charge on any atom is 0.191 e. The van der Waals surface area contributed by atoms with Gasteiger partial charge in [0.05, 0.1) is 6.54 Å². The molecule has 1 fully saturated rings. The molecule has 1 saturated heterocycles. The van der Waals surface area contributed by atoms with Gasteiger partial charge in [0.25, 0.3) is 0 Å². The number of likely N-dealkylation sites (tertiary alicyclic amines) is 1. The molecule has 0 spiro atoms. The third-order valence-electron chi connectivity index (χ3n) is 4.18. The summed E-state index contributed by atoms with van der Waals surface area (Å²) in [5, 5.41) is 6.82. The van der Waals surface area contributed by atoms with Gasteiger partial charge in [0.15, 0.2) is 5.96 Å². The summed E-state index contributed by atoms with van der Waals surface area (Å²) in [5.74, 6) is 1.74. The molecule has 132 valence electrons. The van der Waals surface area contributed by atoms with Gasteiger partial charge in [-0.3, -0.25) is 4.99 Å². The van der Waals surface area contributed by atoms with Crippen molar-refractivity contribution in [3.8, 4) is 0 Å². The van der Waals surface area contributed by atoms with E-state index in [2.05, 4.69) is 46.5 Å². The van der Waals surface area contributed by atoms with Crippen molar-refractivity contribution in [2.75, 3.05) is 33.2 Å². The van der Waals surface area contributed by atoms with Gasteiger partial charge in [-0.1, -0.05) is 13.8 Å². The Bertz CT molecular complexity index is 475. The molecule has 0 radical (unpaired) electrons. The zero-order valence-electron chi connectivity index (χ0n) is 14.6. The third-order valence-corrected chi connectivity index (χ3v) is 5.41. The average Bonchev–Trinajstić information content (AvgIpc) is 2.99. The van der Waals surface area contributed by atoms with Crippen molar-refractivity contribution >= 4 is 41.3 Å². The standard InChI is InChI=1S/C17H30N4S.HI/c1-4-15-7-8-16(22-15)12-20-17(18-3)19-9-11-21-10-5-6-14(2)13-21;/h7-8,14H,4-6,9-13H2,1-3H3,(H2,18,19,20);1H. The Labute approximate surface area is 162 Å². The predicted molar refractivity (Wildman–Crippen MR) is 112 cm³/mol. The van der Waals surface area contributed by atoms with E-state index in [4.69, 9.17) is 0 Å². The molecule has 6 heteroatoms. The summed E-state index contributed by atoms with van der Waals surface area (Å²) in [6.07, 6.45) is 3.84. The van der Waals surface area contributed by atoms with E-state index in [0.717, 1.165) is 37.9 Å². The highest BCUT2D eigenvalue weighted by Crippen LogP contribution is 2.16. The summed E-state index contributed by atoms with van der Waals surface area (Å²) < 4.78 is 0. The van der Waals surface area contributed by atoms with Gasteiger partial charge in [-0.05, 0) is 43.9 Å². The lowest BCUT2D eigenvalue weighted by Gasteiger charge is -2.30. The number of halogens is 1. The number of guanidine groups is 1. The van der Waals surface area contributed by atoms with Crippen molar-refractivity contribution in [2.45, 2.75) is 39.7 Å². The van der Waals surface area contributed by atoms with Gasteiger partial charge in [0.2, 0.25) is 0 Å². The van der Waals surface area contributed by atoms with Gasteiger partial charge in [-0.2, -0.15) is 0 Å². The number of nitrogens with one attached hydrogen (secondary N) is 2. The lowest BCUT2D eigenvalue weighted by Crippen LogP contribution is -2.43. The fourth-order valence-electron chi connectivity index (χ4n) is 2.92. The van der Waals surface area contributed by atoms with Crippen LogP contribution >= 0.6 is 35.3 Å². The highest BCUT2D eigenvalue weighted by molar-refractivity contribution is 14.0. The van der Waals surface area contributed by atoms with Crippen molar-refractivity contribution < 1.29 is 0 Å². The average molecular weight is 450 g/mol. The zero-order valence-corrected chi connectivity index (χ0v) is 17.7. The van der Waals surface area contributed by atoms with Crippen LogP contribution in [-0.4, -0.2) is 44.1 Å². The van der Waals surface area contributed by atoms with Crippen LogP contribution in [0.1, 0.15) is 36.4 Å². The lowest BCUT2D eigenvalue weighted by molar-refractivity contribution is 0.187. The minimum atomic E-state index is 0. The Kier molecular flexibility index (Phi) is 10.1. The number of piperidine rings is 1. The zero-order chi connectivity index (χ0) is 15.8. The molecule has 1 aliphatic heterocycles. The van der Waals surface area contributed by atoms with Crippen LogP contribution in [0.3, 0.4) is 0 Å². The first-order valence-electron chi connectivity index (χ1n) is 8.45. The van der Waals surface area contributed by atoms with E-state index in [1.165, 1.54) is 35.7 Å². The van der Waals surface area contributed by atoms with Crippen LogP contribution < -0.4 is 10.6 Å². The molecule has 0 saturated carbocycles. The Morgan fingerprint density at radius 2 is 2.13 bits per heavy atom. The molecule has 2 heterocycles. The number of hydrogen-bond donors (Lipinski definition) is 2. The molecule has 2 rings (SSSR count). The number of rotatable bonds is 6. The molecule has 0 amide bonds. The third kappa shape index (κ3) is 7.39. The van der Waals surface area contributed by atoms with E-state index in [-0.39, 0.29) is 24.0 Å². The Morgan fingerprint density at radius 3 is 2.78 bits per heavy atom. The second-order valence-electron chi connectivity index (χ2n) is 6.12. The number of hydrogen-bond acceptors (Lipinski definition) is 3. The maximum absolute atomic E-state index is 4.31. The largest absolute Gasteiger partial charge is 0.355 e. The van der Waals surface area contributed by atoms with Crippen LogP contribution in [0.15, 0.2) is 17.1 Å². The number of thiophene rings is 1. The minimum absolute atomic E-state index is 0. The molecule has 4 nitrogen and oxygen atoms in total. The molecule has 1 aromatic heterocycles. The molecule has 1 aliphatic rings. The normalized spacial score (nSPS) is 19.3. The molecule has 23 heavy (non-hydrogen) atoms. The number of nitrogens with zero attached hydrogens (tertiary/aromatic N) is 2. The van der Waals surface area contributed by atoms with E-state index in [1.807, 2.05) is 18.4 Å². The summed E-state index contributed by atoms with van der Waals surface area (Å²) in [4.78, 5) is 9.67. The molecule has 0 aliphatic carbocycles. The van der Waals surface area contributed by atoms with Gasteiger partial charge >= 0.3 is 0 Å². The van der Waals surface area contributed by atoms with E-state index in [1.54, 1.807) is 0 Å². The summed E-state index contributed by atoms with van der Waals surface area (Å²) in [6.45, 7) is 9.94. The van der Waals surface area contributed by atoms with E-state index in [9.17, 15) is 0 Å². The van der Waals surface area contributed by atoms with Crippen molar-refractivity contribution in [2.24, 2.45) is 10.9 Å². The smallest absolute Gasteiger partial charge is 0.191 e. The maximum atomic E-state index is 4.31. The number of aryl methyl sites for hydroxylation is 1. The Morgan fingerprint density at radius 1 is 1.35 bits per heavy atom. The molecule has 0 aromatic carbocycles. The Hall–Kier alpha value is -0.340. The van der Waals surface area contributed by atoms with Gasteiger partial charge in [0.1, 0.15) is 0 Å². The van der Waals surface area contributed by atoms with Crippen LogP contribution in [0, 0.1) is 5.92 Å². The minimum Gasteiger partial charge on any atom is -0.355 e. The molecule has 1 unspecified atom stereocenters. The van der Waals surface area contributed by atoms with Gasteiger partial charge in [-0.15, -0.1) is 35.3 Å². The van der Waals surface area contributed by atoms with E-state index < -0.39 is 0 Å². The highest BCUT2D eigenvalue weighted by Gasteiger charge is 2.15. The number of aliphatic imine (C=N–C) groups is 1. The predicted octanol–water partition coefficient (Wildman–Crippen LogP) is 3.33. The fourth-order valence-corrected chi connectivity index (χ4v) is 3.82. The monoisotopic (exact) mass is 450 g/mol. The van der Waals surface area contributed by atoms with Crippen LogP contribution in [0.4, 0.5) is 0 Å². The molecular formula is C17H31IN4S. The summed E-state index contributed by atoms with van der Waals surface area (Å²) in [6, 6.07) is 4.42. The van der Waals surface area contributed by atoms with Gasteiger partial charge in [-0.25, -0.2) is 0 Å². The van der Waals surface area contributed by atoms with E-state index in [0.29, 0.717) is 0 Å². The summed E-state index contributed by atoms with van der Waals surface area (Å²) in [5.41, 5.74) is 0. The first-order chi connectivity index (χ1) is 10.7. The van der Waals surface area contributed by atoms with Crippen molar-refractivity contribution in [1.82, 2.24) is 15.5 Å². The summed E-state index contributed by atoms with van der Waals surface area (Å²) >= 11 is 1.88. The van der Waals surface area contributed by atoms with Crippen molar-refractivity contribution in [3.63, 3.8) is 0 Å².